The summed E-state index contributed by atoms with van der Waals surface area (Å²) >= 11 is 0. The lowest BCUT2D eigenvalue weighted by Crippen LogP contribution is -2.02. The molecular weight excluding hydrogens is 272 g/mol. The zero-order chi connectivity index (χ0) is 15.9. The topological polar surface area (TPSA) is 56.7 Å². The summed E-state index contributed by atoms with van der Waals surface area (Å²) in [6, 6.07) is 8.29. The molecule has 4 heteroatoms. The molecule has 0 unspecified atom stereocenters. The van der Waals surface area contributed by atoms with E-state index >= 15 is 0 Å². The number of hydrogen-bond donors (Lipinski definition) is 1. The Morgan fingerprint density at radius 3 is 2.68 bits per heavy atom. The molecule has 2 heterocycles. The first-order valence-corrected chi connectivity index (χ1v) is 7.36. The molecule has 3 aromatic rings. The number of nitrogens with zero attached hydrogens (tertiary/aromatic N) is 3. The maximum absolute atomic E-state index is 6.17. The summed E-state index contributed by atoms with van der Waals surface area (Å²) < 4.78 is 1.96. The van der Waals surface area contributed by atoms with E-state index in [0.717, 1.165) is 27.9 Å². The van der Waals surface area contributed by atoms with Gasteiger partial charge in [-0.15, -0.1) is 0 Å². The third-order valence-electron chi connectivity index (χ3n) is 3.97. The number of hydrogen-bond acceptors (Lipinski definition) is 3. The lowest BCUT2D eigenvalue weighted by molar-refractivity contribution is 0.868. The van der Waals surface area contributed by atoms with Gasteiger partial charge in [-0.1, -0.05) is 50.8 Å². The van der Waals surface area contributed by atoms with Crippen molar-refractivity contribution < 1.29 is 0 Å². The lowest BCUT2D eigenvalue weighted by Gasteiger charge is -2.14. The quantitative estimate of drug-likeness (QED) is 0.794. The molecule has 2 aromatic heterocycles. The number of imidazole rings is 1. The maximum Gasteiger partial charge on any atom is 0.133 e. The van der Waals surface area contributed by atoms with E-state index in [2.05, 4.69) is 48.6 Å². The predicted octanol–water partition coefficient (Wildman–Crippen LogP) is 3.98. The van der Waals surface area contributed by atoms with E-state index in [-0.39, 0.29) is 0 Å². The minimum atomic E-state index is 0.400. The van der Waals surface area contributed by atoms with Crippen molar-refractivity contribution in [1.82, 2.24) is 14.5 Å². The number of benzene rings is 1. The van der Waals surface area contributed by atoms with Gasteiger partial charge < -0.3 is 10.3 Å². The van der Waals surface area contributed by atoms with Gasteiger partial charge in [-0.3, -0.25) is 0 Å². The third-order valence-corrected chi connectivity index (χ3v) is 3.97. The fraction of sp³-hybridized carbons (Fsp3) is 0.222. The normalized spacial score (nSPS) is 11.3. The Balaban J connectivity index is 2.41. The van der Waals surface area contributed by atoms with E-state index in [1.54, 1.807) is 12.4 Å². The largest absolute Gasteiger partial charge is 0.383 e. The molecule has 0 spiro atoms. The molecular formula is C18H20N4. The van der Waals surface area contributed by atoms with E-state index in [1.807, 2.05) is 17.7 Å². The smallest absolute Gasteiger partial charge is 0.133 e. The number of rotatable bonds is 3. The van der Waals surface area contributed by atoms with Crippen LogP contribution in [0.2, 0.25) is 0 Å². The highest BCUT2D eigenvalue weighted by Crippen LogP contribution is 2.35. The third kappa shape index (κ3) is 2.08. The van der Waals surface area contributed by atoms with Crippen molar-refractivity contribution >= 4 is 22.9 Å². The summed E-state index contributed by atoms with van der Waals surface area (Å²) in [6.07, 6.45) is 3.53. The molecule has 0 radical (unpaired) electrons. The summed E-state index contributed by atoms with van der Waals surface area (Å²) in [5.74, 6) is 0.886. The van der Waals surface area contributed by atoms with E-state index < -0.39 is 0 Å². The fourth-order valence-corrected chi connectivity index (χ4v) is 2.88. The fourth-order valence-electron chi connectivity index (χ4n) is 2.88. The van der Waals surface area contributed by atoms with Crippen molar-refractivity contribution in [2.24, 2.45) is 7.05 Å². The van der Waals surface area contributed by atoms with Crippen LogP contribution in [-0.4, -0.2) is 14.5 Å². The maximum atomic E-state index is 6.17. The first kappa shape index (κ1) is 14.3. The molecule has 22 heavy (non-hydrogen) atoms. The van der Waals surface area contributed by atoms with Crippen LogP contribution in [0.5, 0.6) is 0 Å². The van der Waals surface area contributed by atoms with E-state index in [1.165, 1.54) is 5.56 Å². The highest BCUT2D eigenvalue weighted by molar-refractivity contribution is 5.98. The SMILES string of the molecule is C=Cc1c(N)nc(-c2ccccc2C(C)C)c2ncn(C)c12. The van der Waals surface area contributed by atoms with Crippen LogP contribution in [0.25, 0.3) is 28.4 Å². The van der Waals surface area contributed by atoms with Gasteiger partial charge in [0.15, 0.2) is 0 Å². The Morgan fingerprint density at radius 2 is 2.00 bits per heavy atom. The average molecular weight is 292 g/mol. The molecule has 0 bridgehead atoms. The number of nitrogen functional groups attached to an aromatic ring is 1. The molecule has 4 nitrogen and oxygen atoms in total. The number of fused-ring (bicyclic) bond motifs is 1. The first-order valence-electron chi connectivity index (χ1n) is 7.36. The van der Waals surface area contributed by atoms with Gasteiger partial charge in [-0.25, -0.2) is 9.97 Å². The minimum Gasteiger partial charge on any atom is -0.383 e. The molecule has 0 saturated carbocycles. The second-order valence-corrected chi connectivity index (χ2v) is 5.76. The molecule has 2 N–H and O–H groups in total. The molecule has 0 fully saturated rings. The molecule has 0 amide bonds. The van der Waals surface area contributed by atoms with Crippen LogP contribution in [0, 0.1) is 0 Å². The molecule has 0 saturated heterocycles. The van der Waals surface area contributed by atoms with Gasteiger partial charge in [-0.05, 0) is 11.5 Å². The Bertz CT molecular complexity index is 859. The van der Waals surface area contributed by atoms with Crippen LogP contribution in [-0.2, 0) is 7.05 Å². The highest BCUT2D eigenvalue weighted by Gasteiger charge is 2.18. The van der Waals surface area contributed by atoms with Crippen molar-refractivity contribution in [3.05, 3.63) is 48.3 Å². The van der Waals surface area contributed by atoms with Crippen molar-refractivity contribution in [3.63, 3.8) is 0 Å². The summed E-state index contributed by atoms with van der Waals surface area (Å²) in [7, 11) is 1.96. The summed E-state index contributed by atoms with van der Waals surface area (Å²) in [6.45, 7) is 8.20. The predicted molar refractivity (Wildman–Crippen MR) is 92.5 cm³/mol. The highest BCUT2D eigenvalue weighted by atomic mass is 15.0. The molecule has 3 rings (SSSR count). The van der Waals surface area contributed by atoms with Crippen LogP contribution in [0.3, 0.4) is 0 Å². The van der Waals surface area contributed by atoms with Crippen LogP contribution in [0.1, 0.15) is 30.9 Å². The van der Waals surface area contributed by atoms with Crippen LogP contribution in [0.4, 0.5) is 5.82 Å². The number of pyridine rings is 1. The van der Waals surface area contributed by atoms with Gasteiger partial charge >= 0.3 is 0 Å². The average Bonchev–Trinajstić information content (AvgIpc) is 2.89. The van der Waals surface area contributed by atoms with Gasteiger partial charge in [0.2, 0.25) is 0 Å². The van der Waals surface area contributed by atoms with Crippen molar-refractivity contribution in [1.29, 1.82) is 0 Å². The van der Waals surface area contributed by atoms with Crippen molar-refractivity contribution in [2.45, 2.75) is 19.8 Å². The Kier molecular flexibility index (Phi) is 3.45. The second-order valence-electron chi connectivity index (χ2n) is 5.76. The summed E-state index contributed by atoms with van der Waals surface area (Å²) in [5.41, 5.74) is 12.0. The number of anilines is 1. The lowest BCUT2D eigenvalue weighted by atomic mass is 9.94. The molecule has 0 aliphatic rings. The Morgan fingerprint density at radius 1 is 1.27 bits per heavy atom. The molecule has 0 atom stereocenters. The standard InChI is InChI=1S/C18H20N4/c1-5-12-17-16(20-10-22(17)4)15(21-18(12)19)14-9-7-6-8-13(14)11(2)3/h5-11H,1H2,2-4H3,(H2,19,21). The minimum absolute atomic E-state index is 0.400. The van der Waals surface area contributed by atoms with E-state index in [0.29, 0.717) is 11.7 Å². The first-order chi connectivity index (χ1) is 10.5. The number of nitrogens with two attached hydrogens (primary N) is 1. The number of aryl methyl sites for hydroxylation is 1. The monoisotopic (exact) mass is 292 g/mol. The van der Waals surface area contributed by atoms with Crippen LogP contribution >= 0.6 is 0 Å². The molecule has 1 aromatic carbocycles. The summed E-state index contributed by atoms with van der Waals surface area (Å²) in [5, 5.41) is 0. The number of aromatic nitrogens is 3. The Labute approximate surface area is 130 Å². The van der Waals surface area contributed by atoms with Gasteiger partial charge in [0.25, 0.3) is 0 Å². The second kappa shape index (κ2) is 5.30. The van der Waals surface area contributed by atoms with Gasteiger partial charge in [-0.2, -0.15) is 0 Å². The van der Waals surface area contributed by atoms with Crippen LogP contribution in [0.15, 0.2) is 37.2 Å². The van der Waals surface area contributed by atoms with E-state index in [9.17, 15) is 0 Å². The zero-order valence-corrected chi connectivity index (χ0v) is 13.2. The summed E-state index contributed by atoms with van der Waals surface area (Å²) in [4.78, 5) is 9.17. The molecule has 112 valence electrons. The van der Waals surface area contributed by atoms with Crippen molar-refractivity contribution in [2.75, 3.05) is 5.73 Å². The zero-order valence-electron chi connectivity index (χ0n) is 13.2. The van der Waals surface area contributed by atoms with Gasteiger partial charge in [0, 0.05) is 18.2 Å². The molecule has 0 aliphatic heterocycles. The Hall–Kier alpha value is -2.62. The van der Waals surface area contributed by atoms with Gasteiger partial charge in [0.1, 0.15) is 17.0 Å². The van der Waals surface area contributed by atoms with Crippen LogP contribution < -0.4 is 5.73 Å². The molecule has 0 aliphatic carbocycles. The van der Waals surface area contributed by atoms with Crippen molar-refractivity contribution in [3.8, 4) is 11.3 Å². The van der Waals surface area contributed by atoms with Gasteiger partial charge in [0.05, 0.1) is 11.8 Å². The van der Waals surface area contributed by atoms with E-state index in [4.69, 9.17) is 5.73 Å².